The Morgan fingerprint density at radius 3 is 2.55 bits per heavy atom. The van der Waals surface area contributed by atoms with Crippen LogP contribution in [0.2, 0.25) is 5.02 Å². The first kappa shape index (κ1) is 15.0. The molecule has 0 amide bonds. The Bertz CT molecular complexity index is 535. The maximum Gasteiger partial charge on any atom is 0.247 e. The second kappa shape index (κ2) is 7.41. The maximum atomic E-state index is 5.97. The van der Waals surface area contributed by atoms with Gasteiger partial charge < -0.3 is 4.42 Å². The predicted octanol–water partition coefficient (Wildman–Crippen LogP) is 4.01. The average molecular weight is 294 g/mol. The summed E-state index contributed by atoms with van der Waals surface area (Å²) in [6.07, 6.45) is 2.24. The molecule has 0 radical (unpaired) electrons. The number of rotatable bonds is 7. The fourth-order valence-electron chi connectivity index (χ4n) is 2.15. The summed E-state index contributed by atoms with van der Waals surface area (Å²) >= 11 is 5.97. The summed E-state index contributed by atoms with van der Waals surface area (Å²) in [6.45, 7) is 7.14. The van der Waals surface area contributed by atoms with Gasteiger partial charge in [0.15, 0.2) is 0 Å². The molecule has 1 aromatic carbocycles. The van der Waals surface area contributed by atoms with E-state index in [0.29, 0.717) is 23.3 Å². The smallest absolute Gasteiger partial charge is 0.247 e. The van der Waals surface area contributed by atoms with Gasteiger partial charge in [-0.05, 0) is 44.1 Å². The first-order valence-electron chi connectivity index (χ1n) is 7.03. The normalized spacial score (nSPS) is 11.2. The summed E-state index contributed by atoms with van der Waals surface area (Å²) in [5.41, 5.74) is 0.855. The molecule has 0 saturated carbocycles. The van der Waals surface area contributed by atoms with Gasteiger partial charge in [0.25, 0.3) is 0 Å². The van der Waals surface area contributed by atoms with Crippen LogP contribution in [0.15, 0.2) is 28.7 Å². The number of nitrogens with zero attached hydrogens (tertiary/aromatic N) is 3. The topological polar surface area (TPSA) is 42.2 Å². The highest BCUT2D eigenvalue weighted by atomic mass is 35.5. The van der Waals surface area contributed by atoms with Gasteiger partial charge in [0.1, 0.15) is 0 Å². The van der Waals surface area contributed by atoms with Crippen LogP contribution in [0.5, 0.6) is 0 Å². The molecule has 0 spiro atoms. The molecule has 2 aromatic rings. The molecule has 0 aliphatic rings. The molecule has 0 aliphatic carbocycles. The minimum absolute atomic E-state index is 0.524. The first-order chi connectivity index (χ1) is 9.72. The zero-order valence-corrected chi connectivity index (χ0v) is 12.7. The highest BCUT2D eigenvalue weighted by Gasteiger charge is 2.12. The minimum Gasteiger partial charge on any atom is -0.419 e. The number of hydrogen-bond acceptors (Lipinski definition) is 4. The Labute approximate surface area is 124 Å². The Hall–Kier alpha value is -1.39. The van der Waals surface area contributed by atoms with Crippen LogP contribution < -0.4 is 0 Å². The molecule has 0 aliphatic heterocycles. The number of hydrogen-bond donors (Lipinski definition) is 0. The second-order valence-electron chi connectivity index (χ2n) is 4.79. The van der Waals surface area contributed by atoms with Crippen LogP contribution in [0, 0.1) is 0 Å². The lowest BCUT2D eigenvalue weighted by molar-refractivity contribution is 0.240. The van der Waals surface area contributed by atoms with Crippen LogP contribution in [0.3, 0.4) is 0 Å². The quantitative estimate of drug-likeness (QED) is 0.773. The van der Waals surface area contributed by atoms with E-state index in [9.17, 15) is 0 Å². The van der Waals surface area contributed by atoms with Gasteiger partial charge in [-0.2, -0.15) is 0 Å². The highest BCUT2D eigenvalue weighted by molar-refractivity contribution is 6.30. The van der Waals surface area contributed by atoms with Crippen LogP contribution in [0.1, 0.15) is 32.6 Å². The van der Waals surface area contributed by atoms with E-state index >= 15 is 0 Å². The van der Waals surface area contributed by atoms with E-state index in [0.717, 1.165) is 31.5 Å². The fraction of sp³-hybridized carbons (Fsp3) is 0.467. The summed E-state index contributed by atoms with van der Waals surface area (Å²) < 4.78 is 5.73. The van der Waals surface area contributed by atoms with E-state index in [4.69, 9.17) is 16.0 Å². The van der Waals surface area contributed by atoms with Gasteiger partial charge in [0.2, 0.25) is 11.8 Å². The summed E-state index contributed by atoms with van der Waals surface area (Å²) in [5.74, 6) is 1.18. The third-order valence-corrected chi connectivity index (χ3v) is 3.21. The van der Waals surface area contributed by atoms with Gasteiger partial charge in [0, 0.05) is 10.6 Å². The highest BCUT2D eigenvalue weighted by Crippen LogP contribution is 2.21. The summed E-state index contributed by atoms with van der Waals surface area (Å²) in [4.78, 5) is 2.33. The molecule has 1 aromatic heterocycles. The van der Waals surface area contributed by atoms with Crippen molar-refractivity contribution in [1.82, 2.24) is 15.1 Å². The van der Waals surface area contributed by atoms with Crippen LogP contribution >= 0.6 is 11.6 Å². The van der Waals surface area contributed by atoms with Crippen molar-refractivity contribution < 1.29 is 4.42 Å². The zero-order valence-electron chi connectivity index (χ0n) is 12.0. The molecular formula is C15H20ClN3O. The van der Waals surface area contributed by atoms with E-state index in [2.05, 4.69) is 28.9 Å². The summed E-state index contributed by atoms with van der Waals surface area (Å²) in [6, 6.07) is 7.45. The SMILES string of the molecule is CCCN(CCC)Cc1nnc(-c2cccc(Cl)c2)o1. The number of aromatic nitrogens is 2. The third-order valence-electron chi connectivity index (χ3n) is 2.98. The van der Waals surface area contributed by atoms with Crippen molar-refractivity contribution in [3.63, 3.8) is 0 Å². The first-order valence-corrected chi connectivity index (χ1v) is 7.41. The average Bonchev–Trinajstić information content (AvgIpc) is 2.88. The maximum absolute atomic E-state index is 5.97. The molecule has 0 bridgehead atoms. The van der Waals surface area contributed by atoms with Gasteiger partial charge in [-0.15, -0.1) is 10.2 Å². The molecule has 0 N–H and O–H groups in total. The van der Waals surface area contributed by atoms with Gasteiger partial charge in [-0.1, -0.05) is 31.5 Å². The van der Waals surface area contributed by atoms with Gasteiger partial charge in [0.05, 0.1) is 6.54 Å². The molecule has 1 heterocycles. The van der Waals surface area contributed by atoms with Crippen molar-refractivity contribution in [1.29, 1.82) is 0 Å². The molecule has 2 rings (SSSR count). The molecule has 0 atom stereocenters. The number of halogens is 1. The number of benzene rings is 1. The van der Waals surface area contributed by atoms with Crippen molar-refractivity contribution in [2.45, 2.75) is 33.2 Å². The monoisotopic (exact) mass is 293 g/mol. The fourth-order valence-corrected chi connectivity index (χ4v) is 2.34. The Balaban J connectivity index is 2.08. The summed E-state index contributed by atoms with van der Waals surface area (Å²) in [5, 5.41) is 8.89. The van der Waals surface area contributed by atoms with E-state index in [-0.39, 0.29) is 0 Å². The van der Waals surface area contributed by atoms with Gasteiger partial charge in [-0.25, -0.2) is 0 Å². The Morgan fingerprint density at radius 2 is 1.90 bits per heavy atom. The van der Waals surface area contributed by atoms with Crippen LogP contribution in [-0.2, 0) is 6.54 Å². The second-order valence-corrected chi connectivity index (χ2v) is 5.22. The van der Waals surface area contributed by atoms with E-state index in [1.807, 2.05) is 24.3 Å². The molecule has 0 unspecified atom stereocenters. The zero-order chi connectivity index (χ0) is 14.4. The largest absolute Gasteiger partial charge is 0.419 e. The standard InChI is InChI=1S/C15H20ClN3O/c1-3-8-19(9-4-2)11-14-17-18-15(20-14)12-6-5-7-13(16)10-12/h5-7,10H,3-4,8-9,11H2,1-2H3. The molecule has 108 valence electrons. The van der Waals surface area contributed by atoms with Gasteiger partial charge >= 0.3 is 0 Å². The predicted molar refractivity (Wildman–Crippen MR) is 80.6 cm³/mol. The van der Waals surface area contributed by atoms with Crippen molar-refractivity contribution in [2.75, 3.05) is 13.1 Å². The Morgan fingerprint density at radius 1 is 1.15 bits per heavy atom. The minimum atomic E-state index is 0.524. The van der Waals surface area contributed by atoms with Crippen LogP contribution in [0.4, 0.5) is 0 Å². The molecule has 4 nitrogen and oxygen atoms in total. The summed E-state index contributed by atoms with van der Waals surface area (Å²) in [7, 11) is 0. The Kier molecular flexibility index (Phi) is 5.56. The van der Waals surface area contributed by atoms with E-state index in [1.54, 1.807) is 0 Å². The van der Waals surface area contributed by atoms with Crippen LogP contribution in [-0.4, -0.2) is 28.2 Å². The molecule has 5 heteroatoms. The lowest BCUT2D eigenvalue weighted by atomic mass is 10.2. The van der Waals surface area contributed by atoms with Crippen molar-refractivity contribution >= 4 is 11.6 Å². The molecule has 0 fully saturated rings. The van der Waals surface area contributed by atoms with Crippen LogP contribution in [0.25, 0.3) is 11.5 Å². The molecule has 0 saturated heterocycles. The lowest BCUT2D eigenvalue weighted by Crippen LogP contribution is -2.25. The van der Waals surface area contributed by atoms with E-state index in [1.165, 1.54) is 0 Å². The van der Waals surface area contributed by atoms with Crippen molar-refractivity contribution in [2.24, 2.45) is 0 Å². The molecular weight excluding hydrogens is 274 g/mol. The van der Waals surface area contributed by atoms with Crippen molar-refractivity contribution in [3.05, 3.63) is 35.2 Å². The lowest BCUT2D eigenvalue weighted by Gasteiger charge is -2.18. The molecule has 20 heavy (non-hydrogen) atoms. The third kappa shape index (κ3) is 4.05. The van der Waals surface area contributed by atoms with Gasteiger partial charge in [-0.3, -0.25) is 4.90 Å². The van der Waals surface area contributed by atoms with Crippen molar-refractivity contribution in [3.8, 4) is 11.5 Å². The van der Waals surface area contributed by atoms with E-state index < -0.39 is 0 Å².